The molecular formula is C29H30N3O3S2+. The Labute approximate surface area is 225 Å². The van der Waals surface area contributed by atoms with Crippen molar-refractivity contribution in [1.29, 1.82) is 0 Å². The molecule has 5 rings (SSSR count). The van der Waals surface area contributed by atoms with Gasteiger partial charge in [0, 0.05) is 47.0 Å². The number of anilines is 2. The molecule has 1 aliphatic heterocycles. The summed E-state index contributed by atoms with van der Waals surface area (Å²) in [5, 5.41) is 10.2. The lowest BCUT2D eigenvalue weighted by Gasteiger charge is -2.28. The summed E-state index contributed by atoms with van der Waals surface area (Å²) in [6.07, 6.45) is 4.03. The molecule has 190 valence electrons. The van der Waals surface area contributed by atoms with E-state index >= 15 is 0 Å². The number of allylic oxidation sites excluding steroid dienone is 3. The minimum atomic E-state index is -0.835. The number of carboxylic acids is 1. The second kappa shape index (κ2) is 10.6. The van der Waals surface area contributed by atoms with Crippen molar-refractivity contribution < 1.29 is 19.3 Å². The summed E-state index contributed by atoms with van der Waals surface area (Å²) in [5.74, 6) is 0.569. The Morgan fingerprint density at radius 2 is 1.65 bits per heavy atom. The molecule has 1 N–H and O–H groups in total. The molecule has 3 aromatic rings. The topological polar surface area (TPSA) is 64.7 Å². The maximum absolute atomic E-state index is 13.6. The molecule has 1 aromatic heterocycles. The van der Waals surface area contributed by atoms with Gasteiger partial charge in [-0.15, -0.1) is 11.8 Å². The average Bonchev–Trinajstić information content (AvgIpc) is 3.42. The van der Waals surface area contributed by atoms with Gasteiger partial charge in [-0.3, -0.25) is 9.59 Å². The summed E-state index contributed by atoms with van der Waals surface area (Å²) in [5.41, 5.74) is 4.75. The number of hydrogen-bond acceptors (Lipinski definition) is 6. The first kappa shape index (κ1) is 25.3. The van der Waals surface area contributed by atoms with Gasteiger partial charge in [-0.2, -0.15) is 4.57 Å². The molecule has 0 atom stereocenters. The number of hydrogen-bond donors (Lipinski definition) is 1. The van der Waals surface area contributed by atoms with E-state index in [9.17, 15) is 14.7 Å². The molecule has 0 saturated carbocycles. The highest BCUT2D eigenvalue weighted by Crippen LogP contribution is 2.45. The number of ketones is 1. The van der Waals surface area contributed by atoms with Crippen molar-refractivity contribution >= 4 is 62.5 Å². The van der Waals surface area contributed by atoms with E-state index in [1.54, 1.807) is 11.3 Å². The molecule has 0 amide bonds. The summed E-state index contributed by atoms with van der Waals surface area (Å²) >= 11 is 3.13. The number of para-hydroxylation sites is 3. The zero-order valence-electron chi connectivity index (χ0n) is 21.2. The SMILES string of the molecule is CCN1C(=CC2=C(SCCC(=O)O)/C(=C\c3sc4ccccc4[n+]3CC)C2=O)N(CC)c2ccccc21. The minimum absolute atomic E-state index is 0.00787. The maximum Gasteiger partial charge on any atom is 0.304 e. The summed E-state index contributed by atoms with van der Waals surface area (Å²) in [6.45, 7) is 8.69. The van der Waals surface area contributed by atoms with Gasteiger partial charge in [0.2, 0.25) is 5.52 Å². The summed E-state index contributed by atoms with van der Waals surface area (Å²) in [7, 11) is 0. The summed E-state index contributed by atoms with van der Waals surface area (Å²) in [4.78, 5) is 30.2. The number of carboxylic acid groups (broad SMARTS) is 1. The van der Waals surface area contributed by atoms with Gasteiger partial charge in [0.15, 0.2) is 5.78 Å². The second-order valence-electron chi connectivity index (χ2n) is 8.75. The van der Waals surface area contributed by atoms with Gasteiger partial charge >= 0.3 is 5.97 Å². The molecule has 0 saturated heterocycles. The molecule has 0 unspecified atom stereocenters. The Morgan fingerprint density at radius 3 is 2.27 bits per heavy atom. The Balaban J connectivity index is 1.59. The van der Waals surface area contributed by atoms with Crippen LogP contribution in [0, 0.1) is 0 Å². The van der Waals surface area contributed by atoms with Gasteiger partial charge in [0.05, 0.1) is 17.8 Å². The lowest BCUT2D eigenvalue weighted by molar-refractivity contribution is -0.665. The number of aromatic nitrogens is 1. The Hall–Kier alpha value is -3.36. The summed E-state index contributed by atoms with van der Waals surface area (Å²) in [6, 6.07) is 16.5. The number of benzene rings is 2. The lowest BCUT2D eigenvalue weighted by atomic mass is 9.89. The van der Waals surface area contributed by atoms with Gasteiger partial charge in [-0.1, -0.05) is 35.6 Å². The van der Waals surface area contributed by atoms with Crippen LogP contribution in [0.1, 0.15) is 32.2 Å². The molecular weight excluding hydrogens is 502 g/mol. The average molecular weight is 533 g/mol. The Morgan fingerprint density at radius 1 is 1.00 bits per heavy atom. The van der Waals surface area contributed by atoms with E-state index in [0.717, 1.165) is 52.3 Å². The van der Waals surface area contributed by atoms with Crippen molar-refractivity contribution in [1.82, 2.24) is 0 Å². The number of fused-ring (bicyclic) bond motifs is 2. The van der Waals surface area contributed by atoms with Crippen LogP contribution in [-0.2, 0) is 16.1 Å². The molecule has 2 aromatic carbocycles. The van der Waals surface area contributed by atoms with E-state index in [1.165, 1.54) is 16.5 Å². The van der Waals surface area contributed by atoms with Crippen molar-refractivity contribution in [2.24, 2.45) is 0 Å². The molecule has 0 radical (unpaired) electrons. The van der Waals surface area contributed by atoms with Crippen molar-refractivity contribution in [3.05, 3.63) is 81.5 Å². The predicted molar refractivity (Wildman–Crippen MR) is 153 cm³/mol. The van der Waals surface area contributed by atoms with Crippen molar-refractivity contribution in [3.63, 3.8) is 0 Å². The Kier molecular flexibility index (Phi) is 7.22. The van der Waals surface area contributed by atoms with Gasteiger partial charge in [0.25, 0.3) is 5.01 Å². The minimum Gasteiger partial charge on any atom is -0.481 e. The third-order valence-electron chi connectivity index (χ3n) is 6.68. The number of carbonyl (C=O) groups excluding carboxylic acids is 1. The first-order chi connectivity index (χ1) is 18.0. The van der Waals surface area contributed by atoms with Crippen LogP contribution >= 0.6 is 23.1 Å². The van der Waals surface area contributed by atoms with Crippen LogP contribution < -0.4 is 14.4 Å². The van der Waals surface area contributed by atoms with E-state index in [-0.39, 0.29) is 12.2 Å². The fourth-order valence-electron chi connectivity index (χ4n) is 4.96. The molecule has 6 nitrogen and oxygen atoms in total. The second-order valence-corrected chi connectivity index (χ2v) is 10.9. The third-order valence-corrected chi connectivity index (χ3v) is 8.93. The van der Waals surface area contributed by atoms with E-state index < -0.39 is 5.97 Å². The van der Waals surface area contributed by atoms with E-state index in [4.69, 9.17) is 0 Å². The highest BCUT2D eigenvalue weighted by Gasteiger charge is 2.37. The third kappa shape index (κ3) is 4.49. The zero-order chi connectivity index (χ0) is 26.1. The fourth-order valence-corrected chi connectivity index (χ4v) is 7.23. The van der Waals surface area contributed by atoms with E-state index in [1.807, 2.05) is 36.4 Å². The Bertz CT molecular complexity index is 1450. The van der Waals surface area contributed by atoms with Crippen molar-refractivity contribution in [2.75, 3.05) is 28.6 Å². The van der Waals surface area contributed by atoms with Crippen molar-refractivity contribution in [2.45, 2.75) is 33.7 Å². The van der Waals surface area contributed by atoms with Crippen LogP contribution in [0.25, 0.3) is 16.3 Å². The normalized spacial score (nSPS) is 16.1. The van der Waals surface area contributed by atoms with Crippen LogP contribution in [0.3, 0.4) is 0 Å². The number of nitrogens with zero attached hydrogens (tertiary/aromatic N) is 3. The molecule has 37 heavy (non-hydrogen) atoms. The van der Waals surface area contributed by atoms with E-state index in [2.05, 4.69) is 59.4 Å². The van der Waals surface area contributed by atoms with E-state index in [0.29, 0.717) is 16.9 Å². The van der Waals surface area contributed by atoms with Crippen LogP contribution in [0.15, 0.2) is 76.5 Å². The number of aliphatic carboxylic acids is 1. The number of thioether (sulfide) groups is 1. The summed E-state index contributed by atoms with van der Waals surface area (Å²) < 4.78 is 3.40. The van der Waals surface area contributed by atoms with Gasteiger partial charge in [-0.25, -0.2) is 0 Å². The molecule has 1 aliphatic carbocycles. The largest absolute Gasteiger partial charge is 0.481 e. The number of carbonyl (C=O) groups is 2. The molecule has 2 aliphatic rings. The van der Waals surface area contributed by atoms with Crippen LogP contribution in [0.4, 0.5) is 11.4 Å². The zero-order valence-corrected chi connectivity index (χ0v) is 22.9. The smallest absolute Gasteiger partial charge is 0.304 e. The number of rotatable bonds is 9. The number of thiazole rings is 1. The first-order valence-electron chi connectivity index (χ1n) is 12.6. The first-order valence-corrected chi connectivity index (χ1v) is 14.4. The van der Waals surface area contributed by atoms with Gasteiger partial charge in [-0.05, 0) is 45.0 Å². The van der Waals surface area contributed by atoms with Crippen LogP contribution in [-0.4, -0.2) is 35.7 Å². The van der Waals surface area contributed by atoms with Crippen molar-refractivity contribution in [3.8, 4) is 0 Å². The number of aryl methyl sites for hydroxylation is 1. The monoisotopic (exact) mass is 532 g/mol. The van der Waals surface area contributed by atoms with Crippen LogP contribution in [0.5, 0.6) is 0 Å². The molecule has 0 fully saturated rings. The molecule has 0 bridgehead atoms. The lowest BCUT2D eigenvalue weighted by Crippen LogP contribution is -2.34. The van der Waals surface area contributed by atoms with Gasteiger partial charge < -0.3 is 14.9 Å². The molecule has 8 heteroatoms. The quantitative estimate of drug-likeness (QED) is 0.276. The standard InChI is InChI=1S/C29H29N3O3S2/c1-4-30-21-11-7-8-12-22(21)31(5-2)25(30)17-19-28(35)20(29(19)36-16-15-27(33)34)18-26-32(6-3)23-13-9-10-14-24(23)37-26/h7-14,17-18H,4-6,15-16H2,1-3H3/p+1. The highest BCUT2D eigenvalue weighted by atomic mass is 32.2. The molecule has 0 spiro atoms. The fraction of sp³-hybridized carbons (Fsp3) is 0.276. The molecule has 2 heterocycles. The van der Waals surface area contributed by atoms with Gasteiger partial charge in [0.1, 0.15) is 17.1 Å². The number of Topliss-reactive ketones (excluding diaryl/α,β-unsaturated/α-hetero) is 1. The predicted octanol–water partition coefficient (Wildman–Crippen LogP) is 5.84. The maximum atomic E-state index is 13.6. The van der Waals surface area contributed by atoms with Crippen LogP contribution in [0.2, 0.25) is 0 Å². The highest BCUT2D eigenvalue weighted by molar-refractivity contribution is 8.03.